The van der Waals surface area contributed by atoms with Crippen LogP contribution in [0.3, 0.4) is 0 Å². The van der Waals surface area contributed by atoms with Crippen LogP contribution in [0.4, 0.5) is 0 Å². The van der Waals surface area contributed by atoms with Gasteiger partial charge in [0.2, 0.25) is 0 Å². The Kier molecular flexibility index (Phi) is 6.16. The molecular weight excluding hydrogens is 361 g/mol. The van der Waals surface area contributed by atoms with Crippen LogP contribution in [-0.2, 0) is 11.0 Å². The molecule has 1 rings (SSSR count). The summed E-state index contributed by atoms with van der Waals surface area (Å²) in [7, 11) is -0.967. The van der Waals surface area contributed by atoms with Crippen LogP contribution >= 0.6 is 0 Å². The van der Waals surface area contributed by atoms with Gasteiger partial charge in [-0.3, -0.25) is 0 Å². The third kappa shape index (κ3) is 5.16. The Labute approximate surface area is 126 Å². The zero-order valence-electron chi connectivity index (χ0n) is 13.5. The molecule has 0 aromatic rings. The first-order valence-corrected chi connectivity index (χ1v) is 18.5. The number of hydrogen-bond acceptors (Lipinski definition) is 1. The van der Waals surface area contributed by atoms with Gasteiger partial charge in [0.25, 0.3) is 0 Å². The second kappa shape index (κ2) is 6.61. The van der Waals surface area contributed by atoms with Gasteiger partial charge in [-0.05, 0) is 0 Å². The molecule has 0 aromatic heterocycles. The topological polar surface area (TPSA) is 29.1 Å². The molecule has 1 saturated carbocycles. The van der Waals surface area contributed by atoms with E-state index >= 15 is 0 Å². The van der Waals surface area contributed by atoms with E-state index < -0.39 is 29.4 Å². The Morgan fingerprint density at radius 1 is 1.21 bits per heavy atom. The van der Waals surface area contributed by atoms with Gasteiger partial charge in [0.05, 0.1) is 0 Å². The summed E-state index contributed by atoms with van der Waals surface area (Å²) in [4.78, 5) is 7.30. The molecule has 4 heteroatoms. The summed E-state index contributed by atoms with van der Waals surface area (Å²) in [5.41, 5.74) is 0. The molecule has 19 heavy (non-hydrogen) atoms. The van der Waals surface area contributed by atoms with Gasteiger partial charge in [-0.25, -0.2) is 0 Å². The fraction of sp³-hybridized carbons (Fsp3) is 0.867. The van der Waals surface area contributed by atoms with Crippen LogP contribution in [0.5, 0.6) is 0 Å². The fourth-order valence-corrected chi connectivity index (χ4v) is 7.63. The third-order valence-electron chi connectivity index (χ3n) is 3.99. The van der Waals surface area contributed by atoms with Gasteiger partial charge in [-0.15, -0.1) is 0 Å². The van der Waals surface area contributed by atoms with Crippen molar-refractivity contribution in [2.24, 2.45) is 5.92 Å². The Morgan fingerprint density at radius 3 is 2.21 bits per heavy atom. The summed E-state index contributed by atoms with van der Waals surface area (Å²) in [6.07, 6.45) is 4.92. The van der Waals surface area contributed by atoms with E-state index in [0.29, 0.717) is 12.0 Å². The predicted octanol–water partition coefficient (Wildman–Crippen LogP) is 4.03. The van der Waals surface area contributed by atoms with E-state index in [-0.39, 0.29) is 4.75 Å². The summed E-state index contributed by atoms with van der Waals surface area (Å²) in [5.74, 6) is 0.552. The van der Waals surface area contributed by atoms with Crippen LogP contribution < -0.4 is 4.72 Å². The van der Waals surface area contributed by atoms with Gasteiger partial charge >= 0.3 is 126 Å². The molecular formula is C15H31NOSSn. The summed E-state index contributed by atoms with van der Waals surface area (Å²) in [6, 6.07) is 0.372. The maximum atomic E-state index is 12.3. The first kappa shape index (κ1) is 17.7. The van der Waals surface area contributed by atoms with Crippen molar-refractivity contribution in [3.63, 3.8) is 0 Å². The van der Waals surface area contributed by atoms with Crippen molar-refractivity contribution in [1.82, 2.24) is 4.72 Å². The molecule has 1 fully saturated rings. The summed E-state index contributed by atoms with van der Waals surface area (Å²) in [6.45, 7) is 10.5. The first-order valence-electron chi connectivity index (χ1n) is 7.41. The monoisotopic (exact) mass is 393 g/mol. The normalized spacial score (nSPS) is 27.1. The average molecular weight is 392 g/mol. The van der Waals surface area contributed by atoms with Crippen molar-refractivity contribution in [2.75, 3.05) is 0 Å². The molecule has 1 aliphatic rings. The van der Waals surface area contributed by atoms with Gasteiger partial charge in [0, 0.05) is 0 Å². The van der Waals surface area contributed by atoms with E-state index in [0.717, 1.165) is 6.42 Å². The number of nitrogens with one attached hydrogen (secondary N) is 1. The van der Waals surface area contributed by atoms with E-state index in [1.807, 2.05) is 20.8 Å². The van der Waals surface area contributed by atoms with Crippen LogP contribution in [0.15, 0.2) is 10.2 Å². The molecule has 3 atom stereocenters. The van der Waals surface area contributed by atoms with E-state index in [9.17, 15) is 4.21 Å². The Morgan fingerprint density at radius 2 is 1.74 bits per heavy atom. The fourth-order valence-electron chi connectivity index (χ4n) is 2.56. The van der Waals surface area contributed by atoms with Crippen molar-refractivity contribution in [3.8, 4) is 0 Å². The second-order valence-electron chi connectivity index (χ2n) is 7.77. The molecule has 0 saturated heterocycles. The molecule has 112 valence electrons. The number of hydrogen-bond donors (Lipinski definition) is 1. The SMILES string of the molecule is C=[C]([C@H]1CCCC[C@H]1NS(=O)C(C)(C)C)[Sn]([CH3])([CH3])[CH3]. The Hall–Kier alpha value is 0.649. The molecule has 0 spiro atoms. The van der Waals surface area contributed by atoms with Crippen molar-refractivity contribution in [2.45, 2.75) is 72.1 Å². The van der Waals surface area contributed by atoms with Crippen molar-refractivity contribution < 1.29 is 4.21 Å². The van der Waals surface area contributed by atoms with E-state index in [1.54, 1.807) is 0 Å². The van der Waals surface area contributed by atoms with Gasteiger partial charge in [0.1, 0.15) is 0 Å². The van der Waals surface area contributed by atoms with Crippen LogP contribution in [0.1, 0.15) is 46.5 Å². The molecule has 1 aliphatic carbocycles. The number of rotatable bonds is 4. The van der Waals surface area contributed by atoms with Crippen LogP contribution in [0.25, 0.3) is 0 Å². The summed E-state index contributed by atoms with van der Waals surface area (Å²) >= 11 is -2.06. The zero-order chi connectivity index (χ0) is 14.8. The predicted molar refractivity (Wildman–Crippen MR) is 89.3 cm³/mol. The van der Waals surface area contributed by atoms with Crippen LogP contribution in [0, 0.1) is 5.92 Å². The van der Waals surface area contributed by atoms with E-state index in [1.165, 1.54) is 22.9 Å². The molecule has 1 unspecified atom stereocenters. The quantitative estimate of drug-likeness (QED) is 0.720. The van der Waals surface area contributed by atoms with Crippen LogP contribution in [0.2, 0.25) is 14.8 Å². The molecule has 0 amide bonds. The summed E-state index contributed by atoms with van der Waals surface area (Å²) < 4.78 is 17.1. The molecule has 0 radical (unpaired) electrons. The van der Waals surface area contributed by atoms with Crippen molar-refractivity contribution >= 4 is 29.4 Å². The Bertz CT molecular complexity index is 354. The average Bonchev–Trinajstić information content (AvgIpc) is 2.26. The molecule has 0 heterocycles. The van der Waals surface area contributed by atoms with Gasteiger partial charge in [-0.1, -0.05) is 0 Å². The molecule has 2 nitrogen and oxygen atoms in total. The van der Waals surface area contributed by atoms with Gasteiger partial charge in [-0.2, -0.15) is 0 Å². The van der Waals surface area contributed by atoms with Gasteiger partial charge in [0.15, 0.2) is 0 Å². The maximum absolute atomic E-state index is 12.3. The minimum absolute atomic E-state index is 0.186. The molecule has 1 N–H and O–H groups in total. The van der Waals surface area contributed by atoms with E-state index in [2.05, 4.69) is 26.1 Å². The van der Waals surface area contributed by atoms with E-state index in [4.69, 9.17) is 0 Å². The zero-order valence-corrected chi connectivity index (χ0v) is 17.2. The van der Waals surface area contributed by atoms with Crippen molar-refractivity contribution in [1.29, 1.82) is 0 Å². The third-order valence-corrected chi connectivity index (χ3v) is 12.2. The van der Waals surface area contributed by atoms with Crippen LogP contribution in [-0.4, -0.2) is 33.4 Å². The second-order valence-corrected chi connectivity index (χ2v) is 24.4. The van der Waals surface area contributed by atoms with Gasteiger partial charge < -0.3 is 0 Å². The molecule has 0 aliphatic heterocycles. The molecule has 0 aromatic carbocycles. The molecule has 0 bridgehead atoms. The minimum atomic E-state index is -2.06. The summed E-state index contributed by atoms with van der Waals surface area (Å²) in [5, 5.41) is 0. The Balaban J connectivity index is 2.79. The first-order chi connectivity index (χ1) is 8.53. The van der Waals surface area contributed by atoms with Crippen molar-refractivity contribution in [3.05, 3.63) is 10.2 Å². The standard InChI is InChI=1S/C12H22NOS.3CH3.Sn/c1-5-10-8-6-7-9-11(10)13-15(14)12(2,3)4;;;;/h10-11,13H,1,6-9H2,2-4H3;3*1H3;/t10-,11+,15?;;;;/m0..../s1.